The molecule has 1 rings (SSSR count). The van der Waals surface area contributed by atoms with Crippen molar-refractivity contribution in [2.75, 3.05) is 5.32 Å². The maximum Gasteiger partial charge on any atom is 0.328 e. The van der Waals surface area contributed by atoms with Crippen LogP contribution in [0.15, 0.2) is 12.4 Å². The highest BCUT2D eigenvalue weighted by atomic mass is 16.4. The summed E-state index contributed by atoms with van der Waals surface area (Å²) in [7, 11) is 0. The molecule has 0 radical (unpaired) electrons. The molecule has 0 fully saturated rings. The van der Waals surface area contributed by atoms with Gasteiger partial charge in [0.25, 0.3) is 0 Å². The highest BCUT2D eigenvalue weighted by Gasteiger charge is 2.27. The fourth-order valence-corrected chi connectivity index (χ4v) is 1.13. The Balaban J connectivity index is 2.90. The lowest BCUT2D eigenvalue weighted by Crippen LogP contribution is -2.40. The van der Waals surface area contributed by atoms with Crippen LogP contribution in [0.3, 0.4) is 0 Å². The van der Waals surface area contributed by atoms with E-state index in [1.54, 1.807) is 19.9 Å². The third-order valence-electron chi connectivity index (χ3n) is 2.25. The van der Waals surface area contributed by atoms with Gasteiger partial charge < -0.3 is 10.4 Å². The third-order valence-corrected chi connectivity index (χ3v) is 2.25. The number of carboxylic acid groups (broad SMARTS) is 1. The van der Waals surface area contributed by atoms with E-state index in [9.17, 15) is 4.79 Å². The molecular formula is C11H17N3O2. The minimum atomic E-state index is -1.04. The standard InChI is InChI=1S/C11H17N3O2/c1-7(2)8-5-9(13-6-12-8)14-11(3,4)10(15)16/h5-7H,1-4H3,(H,15,16)(H,12,13,14). The first kappa shape index (κ1) is 12.4. The van der Waals surface area contributed by atoms with Crippen molar-refractivity contribution < 1.29 is 9.90 Å². The van der Waals surface area contributed by atoms with Gasteiger partial charge in [-0.2, -0.15) is 0 Å². The lowest BCUT2D eigenvalue weighted by Gasteiger charge is -2.21. The number of hydrogen-bond donors (Lipinski definition) is 2. The molecule has 16 heavy (non-hydrogen) atoms. The predicted octanol–water partition coefficient (Wildman–Crippen LogP) is 1.88. The Bertz CT molecular complexity index is 389. The normalized spacial score (nSPS) is 11.6. The lowest BCUT2D eigenvalue weighted by molar-refractivity contribution is -0.141. The molecule has 0 aliphatic rings. The second-order valence-electron chi connectivity index (χ2n) is 4.54. The van der Waals surface area contributed by atoms with E-state index in [0.717, 1.165) is 5.69 Å². The second kappa shape index (κ2) is 4.47. The summed E-state index contributed by atoms with van der Waals surface area (Å²) in [5.41, 5.74) is -0.151. The molecular weight excluding hydrogens is 206 g/mol. The summed E-state index contributed by atoms with van der Waals surface area (Å²) in [5.74, 6) is -0.0974. The fourth-order valence-electron chi connectivity index (χ4n) is 1.13. The number of anilines is 1. The maximum absolute atomic E-state index is 10.9. The predicted molar refractivity (Wildman–Crippen MR) is 61.5 cm³/mol. The van der Waals surface area contributed by atoms with Crippen LogP contribution < -0.4 is 5.32 Å². The van der Waals surface area contributed by atoms with Crippen LogP contribution in [-0.4, -0.2) is 26.6 Å². The monoisotopic (exact) mass is 223 g/mol. The quantitative estimate of drug-likeness (QED) is 0.815. The number of hydrogen-bond acceptors (Lipinski definition) is 4. The number of aromatic nitrogens is 2. The van der Waals surface area contributed by atoms with Crippen molar-refractivity contribution in [2.45, 2.75) is 39.2 Å². The van der Waals surface area contributed by atoms with Gasteiger partial charge in [-0.1, -0.05) is 13.8 Å². The first-order chi connectivity index (χ1) is 7.33. The van der Waals surface area contributed by atoms with Gasteiger partial charge >= 0.3 is 5.97 Å². The zero-order valence-electron chi connectivity index (χ0n) is 9.98. The molecule has 5 nitrogen and oxygen atoms in total. The van der Waals surface area contributed by atoms with E-state index >= 15 is 0 Å². The van der Waals surface area contributed by atoms with Gasteiger partial charge in [-0.15, -0.1) is 0 Å². The minimum Gasteiger partial charge on any atom is -0.480 e. The Kier molecular flexibility index (Phi) is 3.47. The Morgan fingerprint density at radius 3 is 2.56 bits per heavy atom. The summed E-state index contributed by atoms with van der Waals surface area (Å²) in [6.45, 7) is 7.22. The molecule has 0 aromatic carbocycles. The molecule has 5 heteroatoms. The molecule has 1 heterocycles. The number of rotatable bonds is 4. The lowest BCUT2D eigenvalue weighted by atomic mass is 10.1. The van der Waals surface area contributed by atoms with Crippen molar-refractivity contribution >= 4 is 11.8 Å². The summed E-state index contributed by atoms with van der Waals surface area (Å²) in [6, 6.07) is 1.77. The zero-order valence-corrected chi connectivity index (χ0v) is 9.98. The minimum absolute atomic E-state index is 0.288. The van der Waals surface area contributed by atoms with Gasteiger partial charge in [0.2, 0.25) is 0 Å². The van der Waals surface area contributed by atoms with E-state index in [2.05, 4.69) is 15.3 Å². The van der Waals surface area contributed by atoms with Crippen molar-refractivity contribution in [1.29, 1.82) is 0 Å². The molecule has 0 aliphatic heterocycles. The first-order valence-corrected chi connectivity index (χ1v) is 5.16. The number of nitrogens with one attached hydrogen (secondary N) is 1. The maximum atomic E-state index is 10.9. The molecule has 0 amide bonds. The van der Waals surface area contributed by atoms with Gasteiger partial charge in [-0.3, -0.25) is 0 Å². The smallest absolute Gasteiger partial charge is 0.328 e. The summed E-state index contributed by atoms with van der Waals surface area (Å²) < 4.78 is 0. The van der Waals surface area contributed by atoms with E-state index in [1.165, 1.54) is 6.33 Å². The molecule has 0 atom stereocenters. The molecule has 0 aliphatic carbocycles. The van der Waals surface area contributed by atoms with Gasteiger partial charge in [0.05, 0.1) is 0 Å². The average molecular weight is 223 g/mol. The Morgan fingerprint density at radius 1 is 1.44 bits per heavy atom. The van der Waals surface area contributed by atoms with Gasteiger partial charge in [0, 0.05) is 11.8 Å². The molecule has 0 saturated carbocycles. The van der Waals surface area contributed by atoms with E-state index < -0.39 is 11.5 Å². The fraction of sp³-hybridized carbons (Fsp3) is 0.545. The molecule has 88 valence electrons. The van der Waals surface area contributed by atoms with Gasteiger partial charge in [0.1, 0.15) is 17.7 Å². The number of aliphatic carboxylic acids is 1. The van der Waals surface area contributed by atoms with Crippen molar-refractivity contribution in [1.82, 2.24) is 9.97 Å². The average Bonchev–Trinajstić information content (AvgIpc) is 2.17. The van der Waals surface area contributed by atoms with Crippen molar-refractivity contribution in [3.05, 3.63) is 18.1 Å². The van der Waals surface area contributed by atoms with Crippen LogP contribution in [0.1, 0.15) is 39.3 Å². The number of carboxylic acids is 1. The van der Waals surface area contributed by atoms with Crippen molar-refractivity contribution in [2.24, 2.45) is 0 Å². The van der Waals surface area contributed by atoms with Gasteiger partial charge in [0.15, 0.2) is 0 Å². The summed E-state index contributed by atoms with van der Waals surface area (Å²) in [5, 5.41) is 11.8. The Morgan fingerprint density at radius 2 is 2.06 bits per heavy atom. The molecule has 1 aromatic rings. The van der Waals surface area contributed by atoms with Gasteiger partial charge in [-0.05, 0) is 19.8 Å². The molecule has 2 N–H and O–H groups in total. The first-order valence-electron chi connectivity index (χ1n) is 5.16. The molecule has 0 spiro atoms. The van der Waals surface area contributed by atoms with Crippen molar-refractivity contribution in [3.63, 3.8) is 0 Å². The number of carbonyl (C=O) groups is 1. The van der Waals surface area contributed by atoms with Crippen LogP contribution >= 0.6 is 0 Å². The SMILES string of the molecule is CC(C)c1cc(NC(C)(C)C(=O)O)ncn1. The largest absolute Gasteiger partial charge is 0.480 e. The molecule has 1 aromatic heterocycles. The second-order valence-corrected chi connectivity index (χ2v) is 4.54. The topological polar surface area (TPSA) is 75.1 Å². The van der Waals surface area contributed by atoms with E-state index in [4.69, 9.17) is 5.11 Å². The van der Waals surface area contributed by atoms with Crippen LogP contribution in [0.5, 0.6) is 0 Å². The van der Waals surface area contributed by atoms with Crippen LogP contribution in [0, 0.1) is 0 Å². The molecule has 0 unspecified atom stereocenters. The van der Waals surface area contributed by atoms with Gasteiger partial charge in [-0.25, -0.2) is 14.8 Å². The highest BCUT2D eigenvalue weighted by Crippen LogP contribution is 2.17. The summed E-state index contributed by atoms with van der Waals surface area (Å²) >= 11 is 0. The number of nitrogens with zero attached hydrogens (tertiary/aromatic N) is 2. The molecule has 0 saturated heterocycles. The van der Waals surface area contributed by atoms with E-state index in [-0.39, 0.29) is 5.92 Å². The Labute approximate surface area is 94.9 Å². The molecule has 0 bridgehead atoms. The Hall–Kier alpha value is -1.65. The highest BCUT2D eigenvalue weighted by molar-refractivity contribution is 5.81. The van der Waals surface area contributed by atoms with E-state index in [1.807, 2.05) is 13.8 Å². The van der Waals surface area contributed by atoms with Crippen LogP contribution in [0.25, 0.3) is 0 Å². The zero-order chi connectivity index (χ0) is 12.3. The van der Waals surface area contributed by atoms with Crippen LogP contribution in [-0.2, 0) is 4.79 Å². The third kappa shape index (κ3) is 2.92. The van der Waals surface area contributed by atoms with Crippen LogP contribution in [0.2, 0.25) is 0 Å². The summed E-state index contributed by atoms with van der Waals surface area (Å²) in [6.07, 6.45) is 1.44. The van der Waals surface area contributed by atoms with E-state index in [0.29, 0.717) is 5.82 Å². The van der Waals surface area contributed by atoms with Crippen LogP contribution in [0.4, 0.5) is 5.82 Å². The van der Waals surface area contributed by atoms with Crippen molar-refractivity contribution in [3.8, 4) is 0 Å². The summed E-state index contributed by atoms with van der Waals surface area (Å²) in [4.78, 5) is 19.1.